The van der Waals surface area contributed by atoms with Crippen LogP contribution >= 0.6 is 31.9 Å². The van der Waals surface area contributed by atoms with Gasteiger partial charge >= 0.3 is 0 Å². The molecular formula is C14H12Br2FNO. The highest BCUT2D eigenvalue weighted by Gasteiger charge is 2.06. The molecule has 2 aromatic rings. The van der Waals surface area contributed by atoms with Crippen molar-refractivity contribution in [1.29, 1.82) is 0 Å². The van der Waals surface area contributed by atoms with Gasteiger partial charge in [0.05, 0.1) is 4.47 Å². The third kappa shape index (κ3) is 3.78. The molecule has 2 aromatic carbocycles. The highest BCUT2D eigenvalue weighted by Crippen LogP contribution is 2.29. The predicted molar refractivity (Wildman–Crippen MR) is 80.5 cm³/mol. The molecule has 0 bridgehead atoms. The summed E-state index contributed by atoms with van der Waals surface area (Å²) in [5.41, 5.74) is 6.74. The number of halogens is 3. The molecule has 0 aromatic heterocycles. The Kier molecular flexibility index (Phi) is 4.96. The Morgan fingerprint density at radius 3 is 2.53 bits per heavy atom. The quantitative estimate of drug-likeness (QED) is 0.842. The van der Waals surface area contributed by atoms with Crippen LogP contribution in [-0.2, 0) is 13.2 Å². The van der Waals surface area contributed by atoms with E-state index in [0.717, 1.165) is 14.5 Å². The lowest BCUT2D eigenvalue weighted by molar-refractivity contribution is 0.298. The Morgan fingerprint density at radius 2 is 1.89 bits per heavy atom. The molecule has 0 unspecified atom stereocenters. The van der Waals surface area contributed by atoms with E-state index in [1.165, 1.54) is 6.07 Å². The normalized spacial score (nSPS) is 10.5. The van der Waals surface area contributed by atoms with Crippen LogP contribution in [0.4, 0.5) is 4.39 Å². The summed E-state index contributed by atoms with van der Waals surface area (Å²) >= 11 is 6.76. The zero-order valence-corrected chi connectivity index (χ0v) is 13.2. The van der Waals surface area contributed by atoms with Crippen LogP contribution in [0.15, 0.2) is 45.3 Å². The van der Waals surface area contributed by atoms with Crippen LogP contribution in [0.1, 0.15) is 11.1 Å². The lowest BCUT2D eigenvalue weighted by Crippen LogP contribution is -2.02. The molecule has 0 heterocycles. The number of rotatable bonds is 4. The van der Waals surface area contributed by atoms with E-state index < -0.39 is 0 Å². The first-order valence-corrected chi connectivity index (χ1v) is 7.24. The van der Waals surface area contributed by atoms with Crippen LogP contribution in [0.2, 0.25) is 0 Å². The molecule has 0 spiro atoms. The monoisotopic (exact) mass is 387 g/mol. The van der Waals surface area contributed by atoms with Gasteiger partial charge in [-0.05, 0) is 45.8 Å². The zero-order chi connectivity index (χ0) is 13.8. The maximum atomic E-state index is 13.7. The second-order valence-electron chi connectivity index (χ2n) is 3.99. The topological polar surface area (TPSA) is 35.2 Å². The minimum Gasteiger partial charge on any atom is -0.488 e. The molecule has 0 fully saturated rings. The van der Waals surface area contributed by atoms with Crippen molar-refractivity contribution in [3.05, 3.63) is 62.3 Å². The van der Waals surface area contributed by atoms with Crippen molar-refractivity contribution in [2.24, 2.45) is 5.73 Å². The Hall–Kier alpha value is -0.910. The summed E-state index contributed by atoms with van der Waals surface area (Å²) in [6.45, 7) is 0.507. The molecule has 0 saturated carbocycles. The molecule has 2 nitrogen and oxygen atoms in total. The highest BCUT2D eigenvalue weighted by molar-refractivity contribution is 9.11. The van der Waals surface area contributed by atoms with Crippen LogP contribution in [0.5, 0.6) is 5.75 Å². The molecule has 0 aliphatic rings. The second-order valence-corrected chi connectivity index (χ2v) is 5.76. The van der Waals surface area contributed by atoms with E-state index >= 15 is 0 Å². The van der Waals surface area contributed by atoms with Gasteiger partial charge in [0.15, 0.2) is 0 Å². The van der Waals surface area contributed by atoms with Crippen LogP contribution < -0.4 is 10.5 Å². The largest absolute Gasteiger partial charge is 0.488 e. The maximum Gasteiger partial charge on any atom is 0.134 e. The van der Waals surface area contributed by atoms with E-state index in [0.29, 0.717) is 17.9 Å². The van der Waals surface area contributed by atoms with Gasteiger partial charge in [0.1, 0.15) is 18.2 Å². The van der Waals surface area contributed by atoms with Crippen molar-refractivity contribution in [3.8, 4) is 5.75 Å². The van der Waals surface area contributed by atoms with E-state index in [4.69, 9.17) is 10.5 Å². The highest BCUT2D eigenvalue weighted by atomic mass is 79.9. The second kappa shape index (κ2) is 6.50. The van der Waals surface area contributed by atoms with Crippen LogP contribution in [0.25, 0.3) is 0 Å². The lowest BCUT2D eigenvalue weighted by atomic mass is 10.1. The number of nitrogens with two attached hydrogens (primary N) is 1. The molecule has 2 N–H and O–H groups in total. The van der Waals surface area contributed by atoms with Crippen molar-refractivity contribution in [1.82, 2.24) is 0 Å². The van der Waals surface area contributed by atoms with Gasteiger partial charge in [-0.25, -0.2) is 4.39 Å². The molecule has 2 rings (SSSR count). The summed E-state index contributed by atoms with van der Waals surface area (Å²) in [6, 6.07) is 10.5. The van der Waals surface area contributed by atoms with E-state index in [2.05, 4.69) is 31.9 Å². The van der Waals surface area contributed by atoms with E-state index in [1.807, 2.05) is 18.2 Å². The summed E-state index contributed by atoms with van der Waals surface area (Å²) in [7, 11) is 0. The van der Waals surface area contributed by atoms with Gasteiger partial charge in [-0.2, -0.15) is 0 Å². The van der Waals surface area contributed by atoms with E-state index in [-0.39, 0.29) is 12.4 Å². The number of hydrogen-bond acceptors (Lipinski definition) is 2. The van der Waals surface area contributed by atoms with E-state index in [9.17, 15) is 4.39 Å². The van der Waals surface area contributed by atoms with Crippen LogP contribution in [0.3, 0.4) is 0 Å². The standard InChI is InChI=1S/C14H12Br2FNO/c15-11-3-4-14(12(16)6-11)19-8-10-2-1-9(7-18)5-13(10)17/h1-6H,7-8,18H2. The third-order valence-electron chi connectivity index (χ3n) is 2.63. The fourth-order valence-corrected chi connectivity index (χ4v) is 2.74. The zero-order valence-electron chi connectivity index (χ0n) is 10.00. The Balaban J connectivity index is 2.10. The lowest BCUT2D eigenvalue weighted by Gasteiger charge is -2.10. The van der Waals surface area contributed by atoms with Crippen LogP contribution in [0, 0.1) is 5.82 Å². The van der Waals surface area contributed by atoms with Crippen molar-refractivity contribution in [2.75, 3.05) is 0 Å². The average Bonchev–Trinajstić information content (AvgIpc) is 2.39. The predicted octanol–water partition coefficient (Wildman–Crippen LogP) is 4.39. The van der Waals surface area contributed by atoms with Gasteiger partial charge in [-0.1, -0.05) is 28.1 Å². The molecule has 0 aliphatic carbocycles. The smallest absolute Gasteiger partial charge is 0.134 e. The van der Waals surface area contributed by atoms with Crippen molar-refractivity contribution in [2.45, 2.75) is 13.2 Å². The molecular weight excluding hydrogens is 377 g/mol. The molecule has 100 valence electrons. The SMILES string of the molecule is NCc1ccc(COc2ccc(Br)cc2Br)c(F)c1. The van der Waals surface area contributed by atoms with Gasteiger partial charge < -0.3 is 10.5 Å². The first-order chi connectivity index (χ1) is 9.10. The molecule has 0 atom stereocenters. The maximum absolute atomic E-state index is 13.7. The molecule has 0 aliphatic heterocycles. The van der Waals surface area contributed by atoms with E-state index in [1.54, 1.807) is 12.1 Å². The molecule has 0 amide bonds. The van der Waals surface area contributed by atoms with Gasteiger partial charge in [0.2, 0.25) is 0 Å². The molecule has 19 heavy (non-hydrogen) atoms. The minimum absolute atomic E-state index is 0.177. The van der Waals surface area contributed by atoms with Gasteiger partial charge in [-0.15, -0.1) is 0 Å². The number of hydrogen-bond donors (Lipinski definition) is 1. The third-order valence-corrected chi connectivity index (χ3v) is 3.74. The fraction of sp³-hybridized carbons (Fsp3) is 0.143. The first kappa shape index (κ1) is 14.5. The molecule has 5 heteroatoms. The van der Waals surface area contributed by atoms with Crippen LogP contribution in [-0.4, -0.2) is 0 Å². The van der Waals surface area contributed by atoms with Crippen molar-refractivity contribution in [3.63, 3.8) is 0 Å². The summed E-state index contributed by atoms with van der Waals surface area (Å²) in [4.78, 5) is 0. The number of ether oxygens (including phenoxy) is 1. The number of benzene rings is 2. The average molecular weight is 389 g/mol. The van der Waals surface area contributed by atoms with Gasteiger partial charge in [0.25, 0.3) is 0 Å². The van der Waals surface area contributed by atoms with Crippen molar-refractivity contribution >= 4 is 31.9 Å². The first-order valence-electron chi connectivity index (χ1n) is 5.65. The molecule has 0 saturated heterocycles. The van der Waals surface area contributed by atoms with Gasteiger partial charge in [-0.3, -0.25) is 0 Å². The summed E-state index contributed by atoms with van der Waals surface area (Å²) in [5.74, 6) is 0.377. The Bertz CT molecular complexity index is 590. The minimum atomic E-state index is -0.295. The summed E-state index contributed by atoms with van der Waals surface area (Å²) in [6.07, 6.45) is 0. The fourth-order valence-electron chi connectivity index (χ4n) is 1.58. The van der Waals surface area contributed by atoms with Gasteiger partial charge in [0, 0.05) is 16.6 Å². The summed E-state index contributed by atoms with van der Waals surface area (Å²) in [5, 5.41) is 0. The molecule has 0 radical (unpaired) electrons. The van der Waals surface area contributed by atoms with Crippen molar-refractivity contribution < 1.29 is 9.13 Å². The Morgan fingerprint density at radius 1 is 1.11 bits per heavy atom. The summed E-state index contributed by atoms with van der Waals surface area (Å²) < 4.78 is 21.1. The Labute approximate surface area is 128 Å².